The number of ether oxygens (including phenoxy) is 1. The minimum Gasteiger partial charge on any atom is -0.394 e. The zero-order valence-electron chi connectivity index (χ0n) is 19.9. The van der Waals surface area contributed by atoms with Crippen molar-refractivity contribution in [2.75, 3.05) is 18.5 Å². The van der Waals surface area contributed by atoms with E-state index in [-0.39, 0.29) is 30.2 Å². The number of likely N-dealkylation sites (tertiary alicyclic amines) is 1. The van der Waals surface area contributed by atoms with Crippen molar-refractivity contribution in [2.45, 2.75) is 70.2 Å². The van der Waals surface area contributed by atoms with Gasteiger partial charge in [0.15, 0.2) is 0 Å². The Balaban J connectivity index is 1.71. The first-order valence-electron chi connectivity index (χ1n) is 12.2. The van der Waals surface area contributed by atoms with Gasteiger partial charge in [-0.05, 0) is 55.9 Å². The Morgan fingerprint density at radius 1 is 1.26 bits per heavy atom. The summed E-state index contributed by atoms with van der Waals surface area (Å²) in [5.74, 6) is -2.04. The van der Waals surface area contributed by atoms with Crippen LogP contribution in [-0.2, 0) is 19.1 Å². The Kier molecular flexibility index (Phi) is 7.22. The van der Waals surface area contributed by atoms with Crippen molar-refractivity contribution < 1.29 is 24.2 Å². The van der Waals surface area contributed by atoms with Crippen molar-refractivity contribution in [3.05, 3.63) is 29.3 Å². The normalized spacial score (nSPS) is 30.5. The van der Waals surface area contributed by atoms with E-state index in [0.29, 0.717) is 36.5 Å². The summed E-state index contributed by atoms with van der Waals surface area (Å²) in [5.41, 5.74) is -0.535. The molecule has 0 aromatic heterocycles. The van der Waals surface area contributed by atoms with E-state index in [9.17, 15) is 19.5 Å². The van der Waals surface area contributed by atoms with Crippen LogP contribution in [0.1, 0.15) is 46.5 Å². The van der Waals surface area contributed by atoms with Gasteiger partial charge in [-0.2, -0.15) is 0 Å². The minimum absolute atomic E-state index is 0.198. The summed E-state index contributed by atoms with van der Waals surface area (Å²) in [6.45, 7) is 6.24. The fraction of sp³-hybridized carbons (Fsp3) is 0.640. The van der Waals surface area contributed by atoms with Crippen molar-refractivity contribution in [1.29, 1.82) is 0 Å². The van der Waals surface area contributed by atoms with Crippen LogP contribution in [0.25, 0.3) is 0 Å². The first kappa shape index (κ1) is 24.9. The number of aliphatic hydroxyl groups is 1. The Hall–Kier alpha value is -2.16. The number of aliphatic hydroxyl groups excluding tert-OH is 1. The van der Waals surface area contributed by atoms with Crippen LogP contribution in [0.5, 0.6) is 0 Å². The van der Waals surface area contributed by atoms with E-state index >= 15 is 0 Å². The second-order valence-electron chi connectivity index (χ2n) is 10.1. The quantitative estimate of drug-likeness (QED) is 0.492. The molecule has 3 N–H and O–H groups in total. The van der Waals surface area contributed by atoms with Gasteiger partial charge in [-0.15, -0.1) is 0 Å². The number of carbonyl (C=O) groups excluding carboxylic acids is 3. The van der Waals surface area contributed by atoms with E-state index in [1.807, 2.05) is 20.8 Å². The summed E-state index contributed by atoms with van der Waals surface area (Å²) >= 11 is 5.98. The summed E-state index contributed by atoms with van der Waals surface area (Å²) in [6, 6.07) is 5.26. The number of halogens is 1. The monoisotopic (exact) mass is 491 g/mol. The van der Waals surface area contributed by atoms with Crippen molar-refractivity contribution in [2.24, 2.45) is 17.8 Å². The fourth-order valence-corrected chi connectivity index (χ4v) is 6.14. The van der Waals surface area contributed by atoms with Gasteiger partial charge in [0.2, 0.25) is 17.7 Å². The van der Waals surface area contributed by atoms with E-state index < -0.39 is 35.6 Å². The van der Waals surface area contributed by atoms with Crippen LogP contribution < -0.4 is 10.6 Å². The predicted molar refractivity (Wildman–Crippen MR) is 128 cm³/mol. The number of hydrogen-bond acceptors (Lipinski definition) is 5. The molecule has 3 aliphatic heterocycles. The number of amides is 3. The lowest BCUT2D eigenvalue weighted by atomic mass is 9.70. The number of rotatable bonds is 9. The molecule has 34 heavy (non-hydrogen) atoms. The predicted octanol–water partition coefficient (Wildman–Crippen LogP) is 2.59. The molecule has 9 heteroatoms. The zero-order valence-corrected chi connectivity index (χ0v) is 20.7. The van der Waals surface area contributed by atoms with Crippen LogP contribution in [0.2, 0.25) is 5.02 Å². The molecule has 2 unspecified atom stereocenters. The summed E-state index contributed by atoms with van der Waals surface area (Å²) < 4.78 is 6.40. The van der Waals surface area contributed by atoms with Crippen LogP contribution in [0.4, 0.5) is 5.69 Å². The second kappa shape index (κ2) is 9.84. The standard InChI is InChI=1S/C25H34ClN3O5/c1-4-11-27-22(31)19-18-9-10-25(34-18)20(19)24(33)29(17(13-30)12-14(2)3)21(25)23(32)28-16-7-5-15(26)6-8-16/h5-8,14,17-21,30H,4,9-13H2,1-3H3,(H,27,31)(H,28,32)/t17-,18-,19+,20+,21?,25?/m1/s1. The maximum Gasteiger partial charge on any atom is 0.250 e. The maximum absolute atomic E-state index is 13.9. The Morgan fingerprint density at radius 3 is 2.59 bits per heavy atom. The third kappa shape index (κ3) is 4.20. The maximum atomic E-state index is 13.9. The molecule has 6 atom stereocenters. The fourth-order valence-electron chi connectivity index (χ4n) is 6.01. The van der Waals surface area contributed by atoms with Crippen LogP contribution in [-0.4, -0.2) is 64.7 Å². The molecule has 0 radical (unpaired) electrons. The molecule has 2 bridgehead atoms. The van der Waals surface area contributed by atoms with Gasteiger partial charge in [0.05, 0.1) is 30.6 Å². The molecule has 8 nitrogen and oxygen atoms in total. The van der Waals surface area contributed by atoms with Crippen LogP contribution >= 0.6 is 11.6 Å². The van der Waals surface area contributed by atoms with Crippen LogP contribution in [0.15, 0.2) is 24.3 Å². The summed E-state index contributed by atoms with van der Waals surface area (Å²) in [6.07, 6.45) is 2.05. The molecule has 0 saturated carbocycles. The third-order valence-electron chi connectivity index (χ3n) is 7.30. The van der Waals surface area contributed by atoms with Gasteiger partial charge in [-0.25, -0.2) is 0 Å². The molecule has 3 amide bonds. The molecule has 1 aromatic rings. The summed E-state index contributed by atoms with van der Waals surface area (Å²) in [5, 5.41) is 16.6. The average Bonchev–Trinajstić information content (AvgIpc) is 3.44. The molecule has 186 valence electrons. The SMILES string of the molecule is CCCNC(=O)[C@@H]1[C@H]2C(=O)N([C@@H](CO)CC(C)C)C(C(=O)Nc3ccc(Cl)cc3)C23CC[C@H]1O3. The second-order valence-corrected chi connectivity index (χ2v) is 10.5. The molecule has 3 saturated heterocycles. The van der Waals surface area contributed by atoms with E-state index in [1.54, 1.807) is 24.3 Å². The average molecular weight is 492 g/mol. The van der Waals surface area contributed by atoms with Gasteiger partial charge in [-0.1, -0.05) is 32.4 Å². The lowest BCUT2D eigenvalue weighted by Gasteiger charge is -2.37. The first-order valence-corrected chi connectivity index (χ1v) is 12.6. The zero-order chi connectivity index (χ0) is 24.6. The number of fused-ring (bicyclic) bond motifs is 1. The molecular formula is C25H34ClN3O5. The van der Waals surface area contributed by atoms with Gasteiger partial charge >= 0.3 is 0 Å². The highest BCUT2D eigenvalue weighted by molar-refractivity contribution is 6.30. The summed E-state index contributed by atoms with van der Waals surface area (Å²) in [4.78, 5) is 42.2. The van der Waals surface area contributed by atoms with Crippen molar-refractivity contribution >= 4 is 35.0 Å². The molecular weight excluding hydrogens is 458 g/mol. The molecule has 0 aliphatic carbocycles. The highest BCUT2D eigenvalue weighted by Crippen LogP contribution is 2.59. The van der Waals surface area contributed by atoms with Gasteiger partial charge < -0.3 is 25.4 Å². The molecule has 1 aromatic carbocycles. The van der Waals surface area contributed by atoms with E-state index in [2.05, 4.69) is 10.6 Å². The Labute approximate surface area is 205 Å². The van der Waals surface area contributed by atoms with Crippen LogP contribution in [0, 0.1) is 17.8 Å². The van der Waals surface area contributed by atoms with Crippen molar-refractivity contribution in [1.82, 2.24) is 10.2 Å². The van der Waals surface area contributed by atoms with E-state index in [0.717, 1.165) is 6.42 Å². The van der Waals surface area contributed by atoms with E-state index in [4.69, 9.17) is 16.3 Å². The first-order chi connectivity index (χ1) is 16.2. The van der Waals surface area contributed by atoms with Crippen LogP contribution in [0.3, 0.4) is 0 Å². The van der Waals surface area contributed by atoms with Gasteiger partial charge in [0.1, 0.15) is 11.6 Å². The molecule has 4 rings (SSSR count). The molecule has 3 heterocycles. The van der Waals surface area contributed by atoms with Gasteiger partial charge in [0.25, 0.3) is 0 Å². The molecule has 1 spiro atoms. The topological polar surface area (TPSA) is 108 Å². The lowest BCUT2D eigenvalue weighted by Crippen LogP contribution is -2.56. The number of nitrogens with zero attached hydrogens (tertiary/aromatic N) is 1. The number of carbonyl (C=O) groups is 3. The number of anilines is 1. The molecule has 3 aliphatic rings. The van der Waals surface area contributed by atoms with E-state index in [1.165, 1.54) is 4.90 Å². The van der Waals surface area contributed by atoms with Gasteiger partial charge in [-0.3, -0.25) is 14.4 Å². The van der Waals surface area contributed by atoms with Crippen molar-refractivity contribution in [3.63, 3.8) is 0 Å². The number of hydrogen-bond donors (Lipinski definition) is 3. The number of benzene rings is 1. The van der Waals surface area contributed by atoms with Gasteiger partial charge in [0, 0.05) is 17.3 Å². The Morgan fingerprint density at radius 2 is 1.97 bits per heavy atom. The largest absolute Gasteiger partial charge is 0.394 e. The number of nitrogens with one attached hydrogen (secondary N) is 2. The Bertz CT molecular complexity index is 939. The smallest absolute Gasteiger partial charge is 0.250 e. The highest BCUT2D eigenvalue weighted by atomic mass is 35.5. The summed E-state index contributed by atoms with van der Waals surface area (Å²) in [7, 11) is 0. The minimum atomic E-state index is -1.09. The third-order valence-corrected chi connectivity index (χ3v) is 7.55. The lowest BCUT2D eigenvalue weighted by molar-refractivity contribution is -0.144. The molecule has 3 fully saturated rings. The van der Waals surface area contributed by atoms with Crippen molar-refractivity contribution in [3.8, 4) is 0 Å². The highest BCUT2D eigenvalue weighted by Gasteiger charge is 2.75.